The minimum Gasteiger partial charge on any atom is -0.454 e. The highest BCUT2D eigenvalue weighted by molar-refractivity contribution is 8.00. The summed E-state index contributed by atoms with van der Waals surface area (Å²) in [5.41, 5.74) is 0.663. The van der Waals surface area contributed by atoms with Crippen molar-refractivity contribution in [2.24, 2.45) is 0 Å². The first-order valence-electron chi connectivity index (χ1n) is 7.52. The minimum absolute atomic E-state index is 0.133. The summed E-state index contributed by atoms with van der Waals surface area (Å²) >= 11 is 2.88. The fraction of sp³-hybridized carbons (Fsp3) is 0.188. The number of carbonyl (C=O) groups is 1. The second kappa shape index (κ2) is 6.77. The first-order valence-corrected chi connectivity index (χ1v) is 9.28. The molecule has 0 bridgehead atoms. The number of nitrogens with zero attached hydrogens (tertiary/aromatic N) is 2. The molecular formula is C16H14N4O3S2. The Morgan fingerprint density at radius 3 is 3.08 bits per heavy atom. The summed E-state index contributed by atoms with van der Waals surface area (Å²) in [6, 6.07) is 9.23. The summed E-state index contributed by atoms with van der Waals surface area (Å²) < 4.78 is 10.6. The standard InChI is InChI=1S/C16H14N4O3S2/c1-9(25-16-18-14(19-20-16)13-3-2-6-24-13)15(21)17-10-4-5-11-12(7-10)23-8-22-11/h2-7,9H,8H2,1H3,(H,17,21)(H,18,19,20). The van der Waals surface area contributed by atoms with Gasteiger partial charge in [-0.3, -0.25) is 9.89 Å². The molecule has 2 N–H and O–H groups in total. The quantitative estimate of drug-likeness (QED) is 0.666. The second-order valence-electron chi connectivity index (χ2n) is 5.26. The maximum absolute atomic E-state index is 12.4. The predicted molar refractivity (Wildman–Crippen MR) is 96.2 cm³/mol. The van der Waals surface area contributed by atoms with Gasteiger partial charge >= 0.3 is 0 Å². The summed E-state index contributed by atoms with van der Waals surface area (Å²) in [4.78, 5) is 17.8. The lowest BCUT2D eigenvalue weighted by atomic mass is 10.2. The van der Waals surface area contributed by atoms with Crippen LogP contribution in [-0.4, -0.2) is 33.1 Å². The number of thiophene rings is 1. The van der Waals surface area contributed by atoms with E-state index in [0.29, 0.717) is 28.2 Å². The van der Waals surface area contributed by atoms with Crippen LogP contribution >= 0.6 is 23.1 Å². The molecule has 3 heterocycles. The average molecular weight is 374 g/mol. The van der Waals surface area contributed by atoms with Crippen LogP contribution in [0.4, 0.5) is 5.69 Å². The summed E-state index contributed by atoms with van der Waals surface area (Å²) in [5, 5.41) is 12.1. The van der Waals surface area contributed by atoms with Gasteiger partial charge in [0.1, 0.15) is 0 Å². The zero-order chi connectivity index (χ0) is 17.2. The van der Waals surface area contributed by atoms with E-state index in [9.17, 15) is 4.79 Å². The number of H-pyrrole nitrogens is 1. The van der Waals surface area contributed by atoms with E-state index in [0.717, 1.165) is 4.88 Å². The molecule has 1 unspecified atom stereocenters. The van der Waals surface area contributed by atoms with Crippen molar-refractivity contribution in [1.82, 2.24) is 15.2 Å². The molecule has 3 aromatic rings. The number of hydrogen-bond acceptors (Lipinski definition) is 7. The Morgan fingerprint density at radius 2 is 2.24 bits per heavy atom. The van der Waals surface area contributed by atoms with Gasteiger partial charge in [-0.1, -0.05) is 17.8 Å². The van der Waals surface area contributed by atoms with Crippen molar-refractivity contribution >= 4 is 34.7 Å². The van der Waals surface area contributed by atoms with Crippen molar-refractivity contribution in [2.75, 3.05) is 12.1 Å². The van der Waals surface area contributed by atoms with Gasteiger partial charge in [-0.15, -0.1) is 16.4 Å². The van der Waals surface area contributed by atoms with Crippen molar-refractivity contribution < 1.29 is 14.3 Å². The van der Waals surface area contributed by atoms with E-state index in [-0.39, 0.29) is 18.0 Å². The number of aromatic amines is 1. The van der Waals surface area contributed by atoms with Crippen molar-refractivity contribution in [2.45, 2.75) is 17.3 Å². The molecule has 4 rings (SSSR count). The Hall–Kier alpha value is -2.52. The number of hydrogen-bond donors (Lipinski definition) is 2. The van der Waals surface area contributed by atoms with E-state index >= 15 is 0 Å². The number of carbonyl (C=O) groups excluding carboxylic acids is 1. The van der Waals surface area contributed by atoms with Gasteiger partial charge < -0.3 is 14.8 Å². The molecule has 0 saturated heterocycles. The van der Waals surface area contributed by atoms with Gasteiger partial charge in [0.25, 0.3) is 0 Å². The number of anilines is 1. The molecule has 7 nitrogen and oxygen atoms in total. The first-order chi connectivity index (χ1) is 12.2. The van der Waals surface area contributed by atoms with Gasteiger partial charge in [-0.05, 0) is 30.5 Å². The Bertz CT molecular complexity index is 895. The van der Waals surface area contributed by atoms with Crippen LogP contribution in [0.3, 0.4) is 0 Å². The number of benzene rings is 1. The van der Waals surface area contributed by atoms with Crippen molar-refractivity contribution in [3.05, 3.63) is 35.7 Å². The highest BCUT2D eigenvalue weighted by Gasteiger charge is 2.19. The predicted octanol–water partition coefficient (Wildman–Crippen LogP) is 3.38. The Balaban J connectivity index is 1.39. The van der Waals surface area contributed by atoms with Gasteiger partial charge in [0, 0.05) is 11.8 Å². The summed E-state index contributed by atoms with van der Waals surface area (Å²) in [6.07, 6.45) is 0. The van der Waals surface area contributed by atoms with Crippen LogP contribution in [-0.2, 0) is 4.79 Å². The van der Waals surface area contributed by atoms with Gasteiger partial charge in [0.2, 0.25) is 17.9 Å². The third kappa shape index (κ3) is 3.47. The molecule has 9 heteroatoms. The second-order valence-corrected chi connectivity index (χ2v) is 7.52. The molecule has 1 aliphatic rings. The highest BCUT2D eigenvalue weighted by atomic mass is 32.2. The largest absolute Gasteiger partial charge is 0.454 e. The molecule has 0 radical (unpaired) electrons. The third-order valence-electron chi connectivity index (χ3n) is 3.51. The molecule has 1 aliphatic heterocycles. The molecular weight excluding hydrogens is 360 g/mol. The Labute approximate surface area is 151 Å². The monoisotopic (exact) mass is 374 g/mol. The van der Waals surface area contributed by atoms with E-state index in [1.54, 1.807) is 29.5 Å². The van der Waals surface area contributed by atoms with Crippen LogP contribution < -0.4 is 14.8 Å². The molecule has 128 valence electrons. The molecule has 1 amide bonds. The number of aromatic nitrogens is 3. The van der Waals surface area contributed by atoms with Gasteiger partial charge in [-0.25, -0.2) is 4.98 Å². The number of nitrogens with one attached hydrogen (secondary N) is 2. The van der Waals surface area contributed by atoms with Crippen LogP contribution in [0, 0.1) is 0 Å². The van der Waals surface area contributed by atoms with Crippen molar-refractivity contribution in [1.29, 1.82) is 0 Å². The van der Waals surface area contributed by atoms with Crippen molar-refractivity contribution in [3.8, 4) is 22.2 Å². The van der Waals surface area contributed by atoms with Crippen LogP contribution in [0.25, 0.3) is 10.7 Å². The van der Waals surface area contributed by atoms with E-state index in [1.165, 1.54) is 11.8 Å². The Kier molecular flexibility index (Phi) is 4.33. The van der Waals surface area contributed by atoms with Crippen LogP contribution in [0.1, 0.15) is 6.92 Å². The minimum atomic E-state index is -0.350. The molecule has 1 aromatic carbocycles. The van der Waals surface area contributed by atoms with Crippen molar-refractivity contribution in [3.63, 3.8) is 0 Å². The third-order valence-corrected chi connectivity index (χ3v) is 5.35. The fourth-order valence-electron chi connectivity index (χ4n) is 2.25. The van der Waals surface area contributed by atoms with Gasteiger partial charge in [0.15, 0.2) is 17.3 Å². The smallest absolute Gasteiger partial charge is 0.237 e. The van der Waals surface area contributed by atoms with E-state index in [1.807, 2.05) is 24.4 Å². The lowest BCUT2D eigenvalue weighted by Crippen LogP contribution is -2.22. The number of rotatable bonds is 5. The lowest BCUT2D eigenvalue weighted by Gasteiger charge is -2.10. The maximum atomic E-state index is 12.4. The molecule has 0 saturated carbocycles. The fourth-order valence-corrected chi connectivity index (χ4v) is 3.64. The summed E-state index contributed by atoms with van der Waals surface area (Å²) in [6.45, 7) is 2.02. The number of amides is 1. The van der Waals surface area contributed by atoms with E-state index in [2.05, 4.69) is 20.5 Å². The van der Waals surface area contributed by atoms with Crippen LogP contribution in [0.15, 0.2) is 40.9 Å². The Morgan fingerprint density at radius 1 is 1.36 bits per heavy atom. The highest BCUT2D eigenvalue weighted by Crippen LogP contribution is 2.34. The topological polar surface area (TPSA) is 89.1 Å². The zero-order valence-electron chi connectivity index (χ0n) is 13.2. The number of thioether (sulfide) groups is 1. The SMILES string of the molecule is CC(Sc1n[nH]c(-c2cccs2)n1)C(=O)Nc1ccc2c(c1)OCO2. The molecule has 1 atom stereocenters. The van der Waals surface area contributed by atoms with Crippen LogP contribution in [0.2, 0.25) is 0 Å². The van der Waals surface area contributed by atoms with Crippen LogP contribution in [0.5, 0.6) is 11.5 Å². The molecule has 0 spiro atoms. The maximum Gasteiger partial charge on any atom is 0.237 e. The lowest BCUT2D eigenvalue weighted by molar-refractivity contribution is -0.115. The molecule has 0 fully saturated rings. The number of ether oxygens (including phenoxy) is 2. The molecule has 0 aliphatic carbocycles. The summed E-state index contributed by atoms with van der Waals surface area (Å²) in [7, 11) is 0. The zero-order valence-corrected chi connectivity index (χ0v) is 14.8. The van der Waals surface area contributed by atoms with E-state index < -0.39 is 0 Å². The van der Waals surface area contributed by atoms with E-state index in [4.69, 9.17) is 9.47 Å². The van der Waals surface area contributed by atoms with Gasteiger partial charge in [0.05, 0.1) is 10.1 Å². The number of fused-ring (bicyclic) bond motifs is 1. The molecule has 25 heavy (non-hydrogen) atoms. The van der Waals surface area contributed by atoms with Gasteiger partial charge in [-0.2, -0.15) is 0 Å². The summed E-state index contributed by atoms with van der Waals surface area (Å²) in [5.74, 6) is 1.89. The average Bonchev–Trinajstić information content (AvgIpc) is 3.35. The first kappa shape index (κ1) is 16.0. The normalized spacial score (nSPS) is 13.6. The molecule has 2 aromatic heterocycles.